The lowest BCUT2D eigenvalue weighted by Crippen LogP contribution is -2.51. The number of carbonyl (C=O) groups excluding carboxylic acids is 2. The van der Waals surface area contributed by atoms with E-state index in [0.717, 1.165) is 45.2 Å². The monoisotopic (exact) mass is 523 g/mol. The van der Waals surface area contributed by atoms with Gasteiger partial charge in [-0.3, -0.25) is 14.5 Å². The highest BCUT2D eigenvalue weighted by molar-refractivity contribution is 6.37. The third kappa shape index (κ3) is 7.12. The normalized spacial score (nSPS) is 22.5. The fourth-order valence-corrected chi connectivity index (χ4v) is 6.25. The van der Waals surface area contributed by atoms with E-state index in [4.69, 9.17) is 27.9 Å². The van der Waals surface area contributed by atoms with Crippen LogP contribution in [0.5, 0.6) is 5.75 Å². The second-order valence-corrected chi connectivity index (χ2v) is 11.2. The minimum Gasteiger partial charge on any atom is -0.490 e. The lowest BCUT2D eigenvalue weighted by molar-refractivity contribution is -0.138. The number of benzene rings is 1. The molecule has 2 heterocycles. The number of hydrogen-bond donors (Lipinski definition) is 0. The van der Waals surface area contributed by atoms with Crippen LogP contribution in [-0.4, -0.2) is 84.9 Å². The molecule has 2 saturated heterocycles. The zero-order chi connectivity index (χ0) is 24.8. The largest absolute Gasteiger partial charge is 0.490 e. The molecular formula is C27H39Cl2N3O3. The van der Waals surface area contributed by atoms with E-state index >= 15 is 0 Å². The van der Waals surface area contributed by atoms with Crippen LogP contribution in [0.1, 0.15) is 68.6 Å². The van der Waals surface area contributed by atoms with Crippen LogP contribution in [0.25, 0.3) is 0 Å². The number of ketones is 1. The topological polar surface area (TPSA) is 53.1 Å². The third-order valence-corrected chi connectivity index (χ3v) is 8.41. The van der Waals surface area contributed by atoms with Crippen LogP contribution in [0, 0.1) is 5.92 Å². The Morgan fingerprint density at radius 2 is 1.63 bits per heavy atom. The van der Waals surface area contributed by atoms with Crippen molar-refractivity contribution < 1.29 is 14.3 Å². The number of Topliss-reactive ketones (excluding diaryl/α,β-unsaturated/α-hetero) is 1. The first kappa shape index (κ1) is 26.7. The highest BCUT2D eigenvalue weighted by atomic mass is 35.5. The van der Waals surface area contributed by atoms with Crippen LogP contribution in [0.4, 0.5) is 0 Å². The molecule has 194 valence electrons. The Bertz CT molecular complexity index is 859. The van der Waals surface area contributed by atoms with Gasteiger partial charge >= 0.3 is 0 Å². The summed E-state index contributed by atoms with van der Waals surface area (Å²) in [4.78, 5) is 32.3. The molecule has 1 aromatic rings. The van der Waals surface area contributed by atoms with Crippen molar-refractivity contribution in [3.05, 3.63) is 27.7 Å². The van der Waals surface area contributed by atoms with Crippen molar-refractivity contribution in [2.24, 2.45) is 5.92 Å². The molecule has 2 aliphatic heterocycles. The molecule has 4 rings (SSSR count). The van der Waals surface area contributed by atoms with Crippen LogP contribution in [0.15, 0.2) is 12.1 Å². The second kappa shape index (κ2) is 12.8. The first-order valence-corrected chi connectivity index (χ1v) is 14.1. The molecule has 1 unspecified atom stereocenters. The number of halogens is 2. The Kier molecular flexibility index (Phi) is 9.74. The molecule has 6 nitrogen and oxygen atoms in total. The molecule has 1 amide bonds. The van der Waals surface area contributed by atoms with Gasteiger partial charge in [-0.2, -0.15) is 0 Å². The molecule has 8 heteroatoms. The molecule has 0 bridgehead atoms. The first-order chi connectivity index (χ1) is 16.9. The summed E-state index contributed by atoms with van der Waals surface area (Å²) in [5.74, 6) is 0.940. The fraction of sp³-hybridized carbons (Fsp3) is 0.704. The van der Waals surface area contributed by atoms with E-state index in [1.807, 2.05) is 4.90 Å². The third-order valence-electron chi connectivity index (χ3n) is 7.85. The number of piperazine rings is 1. The van der Waals surface area contributed by atoms with Crippen molar-refractivity contribution in [1.29, 1.82) is 0 Å². The molecule has 35 heavy (non-hydrogen) atoms. The molecule has 0 radical (unpaired) electrons. The first-order valence-electron chi connectivity index (χ1n) is 13.3. The Morgan fingerprint density at radius 1 is 0.943 bits per heavy atom. The van der Waals surface area contributed by atoms with E-state index in [0.29, 0.717) is 72.6 Å². The second-order valence-electron chi connectivity index (χ2n) is 10.4. The smallest absolute Gasteiger partial charge is 0.225 e. The van der Waals surface area contributed by atoms with Gasteiger partial charge in [0.25, 0.3) is 0 Å². The van der Waals surface area contributed by atoms with Gasteiger partial charge in [-0.15, -0.1) is 0 Å². The maximum Gasteiger partial charge on any atom is 0.225 e. The lowest BCUT2D eigenvalue weighted by Gasteiger charge is -2.36. The van der Waals surface area contributed by atoms with E-state index < -0.39 is 0 Å². The molecular weight excluding hydrogens is 485 g/mol. The number of ether oxygens (including phenoxy) is 1. The van der Waals surface area contributed by atoms with Gasteiger partial charge in [0.15, 0.2) is 11.5 Å². The maximum absolute atomic E-state index is 12.9. The summed E-state index contributed by atoms with van der Waals surface area (Å²) in [6, 6.07) is 3.97. The number of nitrogens with zero attached hydrogens (tertiary/aromatic N) is 3. The SMILES string of the molecule is CC1CCCN1CCCOc1c(Cl)cc(C(=O)CN2CCN(C(=O)C3CCCCC3)CC2)cc1Cl. The van der Waals surface area contributed by atoms with Crippen LogP contribution < -0.4 is 4.74 Å². The number of likely N-dealkylation sites (tertiary alicyclic amines) is 1. The van der Waals surface area contributed by atoms with Gasteiger partial charge in [-0.1, -0.05) is 42.5 Å². The van der Waals surface area contributed by atoms with Gasteiger partial charge in [-0.05, 0) is 57.7 Å². The fourth-order valence-electron chi connectivity index (χ4n) is 5.65. The van der Waals surface area contributed by atoms with Crippen LogP contribution in [0.3, 0.4) is 0 Å². The quantitative estimate of drug-likeness (QED) is 0.330. The van der Waals surface area contributed by atoms with Crippen molar-refractivity contribution in [3.8, 4) is 5.75 Å². The molecule has 1 aliphatic carbocycles. The van der Waals surface area contributed by atoms with Gasteiger partial charge in [-0.25, -0.2) is 0 Å². The zero-order valence-corrected chi connectivity index (χ0v) is 22.5. The van der Waals surface area contributed by atoms with E-state index in [-0.39, 0.29) is 11.7 Å². The molecule has 3 aliphatic rings. The molecule has 1 atom stereocenters. The summed E-state index contributed by atoms with van der Waals surface area (Å²) in [7, 11) is 0. The molecule has 3 fully saturated rings. The molecule has 0 N–H and O–H groups in total. The van der Waals surface area contributed by atoms with E-state index in [9.17, 15) is 9.59 Å². The number of rotatable bonds is 9. The van der Waals surface area contributed by atoms with Crippen molar-refractivity contribution in [1.82, 2.24) is 14.7 Å². The Morgan fingerprint density at radius 3 is 2.26 bits per heavy atom. The predicted molar refractivity (Wildman–Crippen MR) is 141 cm³/mol. The van der Waals surface area contributed by atoms with Gasteiger partial charge < -0.3 is 14.5 Å². The highest BCUT2D eigenvalue weighted by Crippen LogP contribution is 2.34. The average molecular weight is 525 g/mol. The van der Waals surface area contributed by atoms with E-state index in [1.165, 1.54) is 19.3 Å². The van der Waals surface area contributed by atoms with Gasteiger partial charge in [0.2, 0.25) is 5.91 Å². The Hall–Kier alpha value is -1.34. The van der Waals surface area contributed by atoms with Crippen molar-refractivity contribution in [3.63, 3.8) is 0 Å². The Labute approximate surface area is 219 Å². The molecule has 1 saturated carbocycles. The molecule has 0 aromatic heterocycles. The number of hydrogen-bond acceptors (Lipinski definition) is 5. The predicted octanol–water partition coefficient (Wildman–Crippen LogP) is 5.15. The van der Waals surface area contributed by atoms with Crippen molar-refractivity contribution in [2.75, 3.05) is 52.4 Å². The van der Waals surface area contributed by atoms with Crippen LogP contribution in [-0.2, 0) is 4.79 Å². The van der Waals surface area contributed by atoms with Crippen LogP contribution >= 0.6 is 23.2 Å². The van der Waals surface area contributed by atoms with Crippen molar-refractivity contribution >= 4 is 34.9 Å². The minimum absolute atomic E-state index is 0.0181. The average Bonchev–Trinajstić information content (AvgIpc) is 3.28. The molecule has 0 spiro atoms. The summed E-state index contributed by atoms with van der Waals surface area (Å²) in [5.41, 5.74) is 0.499. The van der Waals surface area contributed by atoms with Gasteiger partial charge in [0.05, 0.1) is 23.2 Å². The summed E-state index contributed by atoms with van der Waals surface area (Å²) in [5, 5.41) is 0.747. The summed E-state index contributed by atoms with van der Waals surface area (Å²) < 4.78 is 5.88. The van der Waals surface area contributed by atoms with Crippen molar-refractivity contribution in [2.45, 2.75) is 64.3 Å². The standard InChI is InChI=1S/C27H39Cl2N3O3/c1-20-7-5-10-31(20)11-6-16-35-26-23(28)17-22(18-24(26)29)25(33)19-30-12-14-32(15-13-30)27(34)21-8-3-2-4-9-21/h17-18,20-21H,2-16,19H2,1H3. The highest BCUT2D eigenvalue weighted by Gasteiger charge is 2.29. The molecule has 1 aromatic carbocycles. The van der Waals surface area contributed by atoms with Gasteiger partial charge in [0.1, 0.15) is 0 Å². The number of carbonyl (C=O) groups is 2. The maximum atomic E-state index is 12.9. The minimum atomic E-state index is -0.0181. The van der Waals surface area contributed by atoms with Crippen LogP contribution in [0.2, 0.25) is 10.0 Å². The zero-order valence-electron chi connectivity index (χ0n) is 20.9. The van der Waals surface area contributed by atoms with E-state index in [1.54, 1.807) is 12.1 Å². The lowest BCUT2D eigenvalue weighted by atomic mass is 9.88. The summed E-state index contributed by atoms with van der Waals surface area (Å²) >= 11 is 12.9. The summed E-state index contributed by atoms with van der Waals surface area (Å²) in [6.45, 7) is 8.07. The Balaban J connectivity index is 1.23. The van der Waals surface area contributed by atoms with Gasteiger partial charge in [0, 0.05) is 50.2 Å². The summed E-state index contributed by atoms with van der Waals surface area (Å²) in [6.07, 6.45) is 9.07. The number of amides is 1. The van der Waals surface area contributed by atoms with E-state index in [2.05, 4.69) is 16.7 Å².